The van der Waals surface area contributed by atoms with Crippen molar-refractivity contribution in [2.75, 3.05) is 10.6 Å². The van der Waals surface area contributed by atoms with Crippen molar-refractivity contribution < 1.29 is 9.52 Å². The van der Waals surface area contributed by atoms with Crippen LogP contribution in [0.2, 0.25) is 0 Å². The van der Waals surface area contributed by atoms with E-state index in [4.69, 9.17) is 9.40 Å². The fraction of sp³-hybridized carbons (Fsp3) is 0.188. The lowest BCUT2D eigenvalue weighted by molar-refractivity contribution is 0.126. The van der Waals surface area contributed by atoms with Gasteiger partial charge < -0.3 is 20.2 Å². The van der Waals surface area contributed by atoms with Gasteiger partial charge >= 0.3 is 0 Å². The summed E-state index contributed by atoms with van der Waals surface area (Å²) in [6.07, 6.45) is 10.1. The number of benzene rings is 1. The highest BCUT2D eigenvalue weighted by molar-refractivity contribution is 5.73. The molecule has 1 aromatic carbocycles. The first-order valence-corrected chi connectivity index (χ1v) is 13.3. The number of nitrogens with one attached hydrogen (secondary N) is 2. The Morgan fingerprint density at radius 1 is 0.850 bits per heavy atom. The summed E-state index contributed by atoms with van der Waals surface area (Å²) in [6, 6.07) is 21.4. The van der Waals surface area contributed by atoms with E-state index >= 15 is 0 Å². The summed E-state index contributed by atoms with van der Waals surface area (Å²) in [5.41, 5.74) is 4.97. The molecule has 40 heavy (non-hydrogen) atoms. The number of nitrogens with zero attached hydrogens (tertiary/aromatic N) is 4. The average molecular weight is 529 g/mol. The first-order chi connectivity index (χ1) is 19.7. The number of hydrogen-bond acceptors (Lipinski definition) is 8. The Balaban J connectivity index is 1.18. The maximum atomic E-state index is 9.90. The predicted octanol–water partition coefficient (Wildman–Crippen LogP) is 6.05. The topological polar surface area (TPSA) is 109 Å². The van der Waals surface area contributed by atoms with E-state index in [9.17, 15) is 5.11 Å². The second kappa shape index (κ2) is 11.8. The normalized spacial score (nSPS) is 16.5. The Morgan fingerprint density at radius 2 is 1.73 bits per heavy atom. The molecule has 0 saturated heterocycles. The van der Waals surface area contributed by atoms with Crippen LogP contribution in [0.5, 0.6) is 0 Å². The molecular weight excluding hydrogens is 500 g/mol. The van der Waals surface area contributed by atoms with Crippen molar-refractivity contribution in [3.05, 3.63) is 103 Å². The minimum absolute atomic E-state index is 0.216. The number of anilines is 3. The van der Waals surface area contributed by atoms with Crippen molar-refractivity contribution in [1.29, 1.82) is 0 Å². The Hall–Kier alpha value is -5.00. The predicted molar refractivity (Wildman–Crippen MR) is 155 cm³/mol. The van der Waals surface area contributed by atoms with Gasteiger partial charge in [0.1, 0.15) is 17.3 Å². The van der Waals surface area contributed by atoms with E-state index in [1.54, 1.807) is 24.9 Å². The van der Waals surface area contributed by atoms with Crippen LogP contribution >= 0.6 is 0 Å². The van der Waals surface area contributed by atoms with Gasteiger partial charge in [-0.15, -0.1) is 0 Å². The van der Waals surface area contributed by atoms with Crippen LogP contribution in [-0.2, 0) is 0 Å². The van der Waals surface area contributed by atoms with Gasteiger partial charge in [0, 0.05) is 41.4 Å². The molecule has 4 heterocycles. The van der Waals surface area contributed by atoms with E-state index in [0.29, 0.717) is 11.6 Å². The number of hydrogen-bond donors (Lipinski definition) is 3. The van der Waals surface area contributed by atoms with E-state index in [1.165, 1.54) is 0 Å². The molecule has 6 rings (SSSR count). The number of aromatic nitrogens is 4. The molecule has 0 atom stereocenters. The molecule has 0 spiro atoms. The SMILES string of the molecule is OC1CCC(Nc2nc(Nc3ccc(C#Cc4cc(-c5ccco5)ccn4)cc3)ncc2-c2ccccn2)CC1. The van der Waals surface area contributed by atoms with E-state index in [2.05, 4.69) is 37.4 Å². The second-order valence-corrected chi connectivity index (χ2v) is 9.68. The standard InChI is InChI=1S/C32H28N6O2/c39-27-14-12-24(13-15-27)36-31-28(29-4-1-2-17-34-29)21-35-32(38-31)37-25-9-6-22(7-10-25)8-11-26-20-23(16-18-33-26)30-5-3-19-40-30/h1-7,9-10,16-21,24,27,39H,12-15H2,(H2,35,36,37,38). The van der Waals surface area contributed by atoms with Gasteiger partial charge in [0.05, 0.1) is 23.6 Å². The van der Waals surface area contributed by atoms with Gasteiger partial charge in [-0.05, 0) is 92.3 Å². The number of rotatable bonds is 6. The van der Waals surface area contributed by atoms with Crippen LogP contribution in [0.3, 0.4) is 0 Å². The van der Waals surface area contributed by atoms with Gasteiger partial charge in [0.15, 0.2) is 0 Å². The molecule has 1 fully saturated rings. The summed E-state index contributed by atoms with van der Waals surface area (Å²) in [7, 11) is 0. The zero-order valence-electron chi connectivity index (χ0n) is 21.8. The van der Waals surface area contributed by atoms with Gasteiger partial charge in [-0.1, -0.05) is 12.0 Å². The summed E-state index contributed by atoms with van der Waals surface area (Å²) in [5, 5.41) is 16.8. The van der Waals surface area contributed by atoms with Crippen LogP contribution < -0.4 is 10.6 Å². The maximum absolute atomic E-state index is 9.90. The largest absolute Gasteiger partial charge is 0.464 e. The lowest BCUT2D eigenvalue weighted by atomic mass is 9.93. The smallest absolute Gasteiger partial charge is 0.229 e. The number of furan rings is 1. The third kappa shape index (κ3) is 6.17. The molecule has 1 aliphatic carbocycles. The van der Waals surface area contributed by atoms with Crippen molar-refractivity contribution in [3.8, 4) is 34.4 Å². The van der Waals surface area contributed by atoms with Gasteiger partial charge in [-0.3, -0.25) is 4.98 Å². The third-order valence-electron chi connectivity index (χ3n) is 6.81. The third-order valence-corrected chi connectivity index (χ3v) is 6.81. The van der Waals surface area contributed by atoms with Gasteiger partial charge in [-0.2, -0.15) is 4.98 Å². The summed E-state index contributed by atoms with van der Waals surface area (Å²) in [5.74, 6) is 8.29. The van der Waals surface area contributed by atoms with Crippen molar-refractivity contribution in [2.45, 2.75) is 37.8 Å². The Kier molecular flexibility index (Phi) is 7.46. The van der Waals surface area contributed by atoms with Crippen LogP contribution in [0.1, 0.15) is 36.9 Å². The molecule has 0 unspecified atom stereocenters. The fourth-order valence-corrected chi connectivity index (χ4v) is 4.67. The molecular formula is C32H28N6O2. The molecule has 5 aromatic rings. The zero-order chi connectivity index (χ0) is 27.1. The minimum atomic E-state index is -0.216. The Morgan fingerprint density at radius 3 is 2.50 bits per heavy atom. The molecule has 0 radical (unpaired) electrons. The van der Waals surface area contributed by atoms with Crippen LogP contribution in [0.15, 0.2) is 96.0 Å². The van der Waals surface area contributed by atoms with Crippen molar-refractivity contribution in [2.24, 2.45) is 0 Å². The summed E-state index contributed by atoms with van der Waals surface area (Å²) < 4.78 is 5.47. The highest BCUT2D eigenvalue weighted by Gasteiger charge is 2.21. The van der Waals surface area contributed by atoms with Crippen molar-refractivity contribution in [1.82, 2.24) is 19.9 Å². The number of aliphatic hydroxyl groups excluding tert-OH is 1. The van der Waals surface area contributed by atoms with E-state index < -0.39 is 0 Å². The van der Waals surface area contributed by atoms with E-state index in [-0.39, 0.29) is 12.1 Å². The van der Waals surface area contributed by atoms with Crippen LogP contribution in [0, 0.1) is 11.8 Å². The average Bonchev–Trinajstić information content (AvgIpc) is 3.54. The molecule has 1 aliphatic rings. The summed E-state index contributed by atoms with van der Waals surface area (Å²) in [6.45, 7) is 0. The van der Waals surface area contributed by atoms with Crippen LogP contribution in [0.4, 0.5) is 17.5 Å². The second-order valence-electron chi connectivity index (χ2n) is 9.68. The van der Waals surface area contributed by atoms with Gasteiger partial charge in [0.2, 0.25) is 5.95 Å². The maximum Gasteiger partial charge on any atom is 0.229 e. The van der Waals surface area contributed by atoms with Gasteiger partial charge in [-0.25, -0.2) is 9.97 Å². The Labute approximate surface area is 232 Å². The molecule has 1 saturated carbocycles. The highest BCUT2D eigenvalue weighted by atomic mass is 16.3. The number of pyridine rings is 2. The summed E-state index contributed by atoms with van der Waals surface area (Å²) >= 11 is 0. The van der Waals surface area contributed by atoms with Crippen molar-refractivity contribution in [3.63, 3.8) is 0 Å². The molecule has 4 aromatic heterocycles. The Bertz CT molecular complexity index is 1620. The highest BCUT2D eigenvalue weighted by Crippen LogP contribution is 2.29. The number of aliphatic hydroxyl groups is 1. The zero-order valence-corrected chi connectivity index (χ0v) is 21.8. The van der Waals surface area contributed by atoms with Crippen LogP contribution in [0.25, 0.3) is 22.6 Å². The first-order valence-electron chi connectivity index (χ1n) is 13.3. The molecule has 8 nitrogen and oxygen atoms in total. The fourth-order valence-electron chi connectivity index (χ4n) is 4.67. The monoisotopic (exact) mass is 528 g/mol. The molecule has 0 bridgehead atoms. The first kappa shape index (κ1) is 25.3. The van der Waals surface area contributed by atoms with E-state index in [0.717, 1.165) is 65.3 Å². The molecule has 0 amide bonds. The lowest BCUT2D eigenvalue weighted by Crippen LogP contribution is -2.29. The molecule has 3 N–H and O–H groups in total. The lowest BCUT2D eigenvalue weighted by Gasteiger charge is -2.27. The summed E-state index contributed by atoms with van der Waals surface area (Å²) in [4.78, 5) is 18.2. The molecule has 8 heteroatoms. The quantitative estimate of drug-likeness (QED) is 0.229. The van der Waals surface area contributed by atoms with Crippen LogP contribution in [-0.4, -0.2) is 37.2 Å². The van der Waals surface area contributed by atoms with E-state index in [1.807, 2.05) is 66.7 Å². The minimum Gasteiger partial charge on any atom is -0.464 e. The van der Waals surface area contributed by atoms with Gasteiger partial charge in [0.25, 0.3) is 0 Å². The molecule has 0 aliphatic heterocycles. The molecule has 198 valence electrons. The van der Waals surface area contributed by atoms with Crippen molar-refractivity contribution >= 4 is 17.5 Å².